The highest BCUT2D eigenvalue weighted by molar-refractivity contribution is 6.39. The standard InChI is InChI=1S/C20H12Cl2N2O4/c21-11-8-14(22)17-13(18(20(27)28)23-15(17)9-11)6-10-7-16(25)24(19(10)26)12-4-2-1-3-5-12/h1-6,8-9,23H,7H2,(H,27,28). The Kier molecular flexibility index (Phi) is 4.45. The first-order chi connectivity index (χ1) is 13.4. The Hall–Kier alpha value is -3.09. The molecule has 1 aromatic heterocycles. The first-order valence-electron chi connectivity index (χ1n) is 8.23. The molecular formula is C20H12Cl2N2O4. The molecule has 1 fully saturated rings. The van der Waals surface area contributed by atoms with Crippen molar-refractivity contribution in [1.82, 2.24) is 4.98 Å². The lowest BCUT2D eigenvalue weighted by Crippen LogP contribution is -2.28. The van der Waals surface area contributed by atoms with Crippen LogP contribution in [-0.2, 0) is 9.59 Å². The number of benzene rings is 2. The largest absolute Gasteiger partial charge is 0.477 e. The van der Waals surface area contributed by atoms with Gasteiger partial charge in [0.15, 0.2) is 0 Å². The van der Waals surface area contributed by atoms with Crippen molar-refractivity contribution in [2.75, 3.05) is 4.90 Å². The summed E-state index contributed by atoms with van der Waals surface area (Å²) >= 11 is 12.3. The van der Waals surface area contributed by atoms with Gasteiger partial charge in [-0.05, 0) is 30.3 Å². The average molecular weight is 415 g/mol. The third-order valence-electron chi connectivity index (χ3n) is 4.47. The Morgan fingerprint density at radius 2 is 1.86 bits per heavy atom. The summed E-state index contributed by atoms with van der Waals surface area (Å²) in [7, 11) is 0. The lowest BCUT2D eigenvalue weighted by molar-refractivity contribution is -0.120. The molecule has 0 aliphatic carbocycles. The molecule has 1 aliphatic rings. The average Bonchev–Trinajstić information content (AvgIpc) is 3.13. The van der Waals surface area contributed by atoms with Gasteiger partial charge in [0, 0.05) is 27.1 Å². The number of nitrogens with one attached hydrogen (secondary N) is 1. The number of hydrogen-bond acceptors (Lipinski definition) is 3. The summed E-state index contributed by atoms with van der Waals surface area (Å²) in [5.74, 6) is -2.09. The Bertz CT molecular complexity index is 1180. The first kappa shape index (κ1) is 18.3. The second-order valence-corrected chi connectivity index (χ2v) is 7.09. The van der Waals surface area contributed by atoms with E-state index in [2.05, 4.69) is 4.98 Å². The number of anilines is 1. The number of H-pyrrole nitrogens is 1. The molecule has 2 heterocycles. The fourth-order valence-corrected chi connectivity index (χ4v) is 3.88. The van der Waals surface area contributed by atoms with Crippen LogP contribution in [0.5, 0.6) is 0 Å². The number of aromatic amines is 1. The van der Waals surface area contributed by atoms with E-state index in [1.54, 1.807) is 36.4 Å². The van der Waals surface area contributed by atoms with Crippen molar-refractivity contribution < 1.29 is 19.5 Å². The van der Waals surface area contributed by atoms with E-state index in [9.17, 15) is 19.5 Å². The molecule has 2 aromatic carbocycles. The number of nitrogens with zero attached hydrogens (tertiary/aromatic N) is 1. The van der Waals surface area contributed by atoms with Gasteiger partial charge in [-0.15, -0.1) is 0 Å². The van der Waals surface area contributed by atoms with Crippen molar-refractivity contribution in [3.05, 3.63) is 69.3 Å². The molecule has 4 rings (SSSR count). The number of carboxylic acid groups (broad SMARTS) is 1. The van der Waals surface area contributed by atoms with E-state index in [-0.39, 0.29) is 34.2 Å². The third-order valence-corrected chi connectivity index (χ3v) is 4.99. The zero-order valence-corrected chi connectivity index (χ0v) is 15.7. The quantitative estimate of drug-likeness (QED) is 0.486. The summed E-state index contributed by atoms with van der Waals surface area (Å²) in [6.07, 6.45) is 1.27. The van der Waals surface area contributed by atoms with Gasteiger partial charge in [-0.25, -0.2) is 9.69 Å². The Balaban J connectivity index is 1.87. The number of fused-ring (bicyclic) bond motifs is 1. The van der Waals surface area contributed by atoms with Crippen molar-refractivity contribution >= 4 is 63.7 Å². The summed E-state index contributed by atoms with van der Waals surface area (Å²) in [6.45, 7) is 0. The predicted octanol–water partition coefficient (Wildman–Crippen LogP) is 4.52. The van der Waals surface area contributed by atoms with Gasteiger partial charge in [-0.3, -0.25) is 9.59 Å². The topological polar surface area (TPSA) is 90.5 Å². The molecular weight excluding hydrogens is 403 g/mol. The number of aromatic nitrogens is 1. The summed E-state index contributed by atoms with van der Waals surface area (Å²) in [4.78, 5) is 40.8. The minimum Gasteiger partial charge on any atom is -0.477 e. The molecule has 0 saturated carbocycles. The fraction of sp³-hybridized carbons (Fsp3) is 0.0500. The molecule has 0 bridgehead atoms. The van der Waals surface area contributed by atoms with E-state index >= 15 is 0 Å². The molecule has 140 valence electrons. The summed E-state index contributed by atoms with van der Waals surface area (Å²) in [5, 5.41) is 10.6. The van der Waals surface area contributed by atoms with Crippen molar-refractivity contribution in [2.45, 2.75) is 6.42 Å². The molecule has 6 nitrogen and oxygen atoms in total. The highest BCUT2D eigenvalue weighted by Crippen LogP contribution is 2.35. The van der Waals surface area contributed by atoms with E-state index in [0.29, 0.717) is 21.6 Å². The highest BCUT2D eigenvalue weighted by Gasteiger charge is 2.35. The molecule has 0 radical (unpaired) electrons. The van der Waals surface area contributed by atoms with Gasteiger partial charge in [0.05, 0.1) is 17.1 Å². The monoisotopic (exact) mass is 414 g/mol. The van der Waals surface area contributed by atoms with E-state index in [4.69, 9.17) is 23.2 Å². The zero-order chi connectivity index (χ0) is 20.0. The smallest absolute Gasteiger partial charge is 0.352 e. The van der Waals surface area contributed by atoms with Crippen molar-refractivity contribution in [2.24, 2.45) is 0 Å². The number of imide groups is 1. The number of para-hydroxylation sites is 1. The zero-order valence-electron chi connectivity index (χ0n) is 14.2. The van der Waals surface area contributed by atoms with Crippen LogP contribution in [0, 0.1) is 0 Å². The molecule has 28 heavy (non-hydrogen) atoms. The van der Waals surface area contributed by atoms with Gasteiger partial charge in [-0.1, -0.05) is 41.4 Å². The lowest BCUT2D eigenvalue weighted by atomic mass is 10.1. The lowest BCUT2D eigenvalue weighted by Gasteiger charge is -2.12. The molecule has 0 atom stereocenters. The summed E-state index contributed by atoms with van der Waals surface area (Å²) < 4.78 is 0. The van der Waals surface area contributed by atoms with Crippen LogP contribution in [0.4, 0.5) is 5.69 Å². The van der Waals surface area contributed by atoms with Crippen LogP contribution in [0.2, 0.25) is 10.0 Å². The number of carbonyl (C=O) groups excluding carboxylic acids is 2. The Labute approximate surface area is 169 Å². The van der Waals surface area contributed by atoms with Gasteiger partial charge >= 0.3 is 5.97 Å². The van der Waals surface area contributed by atoms with Gasteiger partial charge in [0.25, 0.3) is 5.91 Å². The molecule has 3 aromatic rings. The predicted molar refractivity (Wildman–Crippen MR) is 107 cm³/mol. The van der Waals surface area contributed by atoms with Crippen molar-refractivity contribution in [3.63, 3.8) is 0 Å². The van der Waals surface area contributed by atoms with Crippen LogP contribution in [0.3, 0.4) is 0 Å². The molecule has 0 unspecified atom stereocenters. The van der Waals surface area contributed by atoms with Gasteiger partial charge in [-0.2, -0.15) is 0 Å². The fourth-order valence-electron chi connectivity index (χ4n) is 3.29. The second kappa shape index (κ2) is 6.82. The number of carbonyl (C=O) groups is 3. The van der Waals surface area contributed by atoms with Crippen LogP contribution in [0.1, 0.15) is 22.5 Å². The Morgan fingerprint density at radius 1 is 1.14 bits per heavy atom. The number of rotatable bonds is 3. The van der Waals surface area contributed by atoms with Crippen LogP contribution in [-0.4, -0.2) is 27.9 Å². The highest BCUT2D eigenvalue weighted by atomic mass is 35.5. The van der Waals surface area contributed by atoms with Gasteiger partial charge < -0.3 is 10.1 Å². The third kappa shape index (κ3) is 2.96. The molecule has 2 amide bonds. The van der Waals surface area contributed by atoms with Crippen molar-refractivity contribution in [1.29, 1.82) is 0 Å². The second-order valence-electron chi connectivity index (χ2n) is 6.25. The van der Waals surface area contributed by atoms with Crippen LogP contribution in [0.15, 0.2) is 48.0 Å². The van der Waals surface area contributed by atoms with E-state index in [1.807, 2.05) is 0 Å². The number of halogens is 2. The number of hydrogen-bond donors (Lipinski definition) is 2. The SMILES string of the molecule is O=C(O)c1[nH]c2cc(Cl)cc(Cl)c2c1C=C1CC(=O)N(c2ccccc2)C1=O. The maximum absolute atomic E-state index is 12.8. The van der Waals surface area contributed by atoms with Crippen molar-refractivity contribution in [3.8, 4) is 0 Å². The maximum Gasteiger partial charge on any atom is 0.352 e. The van der Waals surface area contributed by atoms with Gasteiger partial charge in [0.2, 0.25) is 5.91 Å². The molecule has 8 heteroatoms. The first-order valence-corrected chi connectivity index (χ1v) is 8.99. The molecule has 2 N–H and O–H groups in total. The normalized spacial score (nSPS) is 15.8. The molecule has 1 aliphatic heterocycles. The Morgan fingerprint density at radius 3 is 2.54 bits per heavy atom. The van der Waals surface area contributed by atoms with Gasteiger partial charge in [0.1, 0.15) is 5.69 Å². The van der Waals surface area contributed by atoms with Crippen LogP contribution < -0.4 is 4.90 Å². The van der Waals surface area contributed by atoms with E-state index in [1.165, 1.54) is 12.1 Å². The molecule has 1 saturated heterocycles. The maximum atomic E-state index is 12.8. The number of aromatic carboxylic acids is 1. The minimum absolute atomic E-state index is 0.134. The summed E-state index contributed by atoms with van der Waals surface area (Å²) in [5.41, 5.74) is 1.17. The van der Waals surface area contributed by atoms with Crippen LogP contribution >= 0.6 is 23.2 Å². The number of carboxylic acids is 1. The summed E-state index contributed by atoms with van der Waals surface area (Å²) in [6, 6.07) is 11.6. The minimum atomic E-state index is -1.22. The molecule has 0 spiro atoms. The van der Waals surface area contributed by atoms with E-state index < -0.39 is 11.9 Å². The number of amides is 2. The van der Waals surface area contributed by atoms with E-state index in [0.717, 1.165) is 4.90 Å². The van der Waals surface area contributed by atoms with Crippen LogP contribution in [0.25, 0.3) is 17.0 Å².